The molecule has 18 heavy (non-hydrogen) atoms. The Bertz CT molecular complexity index is 638. The van der Waals surface area contributed by atoms with E-state index in [-0.39, 0.29) is 11.4 Å². The summed E-state index contributed by atoms with van der Waals surface area (Å²) in [6.07, 6.45) is 1.36. The van der Waals surface area contributed by atoms with Crippen LogP contribution in [0, 0.1) is 18.3 Å². The number of benzene rings is 1. The standard InChI is InChI=1S/C12H11N5O/c1-7-3-2-4-10(8(7)5-13)16-12(18)11-9(14)6-15-17-11/h2-4,6H,14H2,1H3,(H,15,17)(H,16,18). The van der Waals surface area contributed by atoms with Crippen molar-refractivity contribution in [2.75, 3.05) is 11.1 Å². The molecule has 0 spiro atoms. The van der Waals surface area contributed by atoms with Gasteiger partial charge in [0.2, 0.25) is 0 Å². The summed E-state index contributed by atoms with van der Waals surface area (Å²) in [7, 11) is 0. The van der Waals surface area contributed by atoms with Gasteiger partial charge in [0.25, 0.3) is 5.91 Å². The van der Waals surface area contributed by atoms with Crippen molar-refractivity contribution in [3.8, 4) is 6.07 Å². The number of anilines is 2. The van der Waals surface area contributed by atoms with E-state index in [1.54, 1.807) is 25.1 Å². The lowest BCUT2D eigenvalue weighted by Crippen LogP contribution is -2.15. The first-order valence-corrected chi connectivity index (χ1v) is 5.23. The SMILES string of the molecule is Cc1cccc(NC(=O)c2[nH]ncc2N)c1C#N. The molecule has 0 radical (unpaired) electrons. The quantitative estimate of drug-likeness (QED) is 0.738. The molecule has 1 aromatic carbocycles. The topological polar surface area (TPSA) is 108 Å². The molecule has 90 valence electrons. The first kappa shape index (κ1) is 11.7. The summed E-state index contributed by atoms with van der Waals surface area (Å²) in [4.78, 5) is 11.9. The van der Waals surface area contributed by atoms with Gasteiger partial charge in [-0.25, -0.2) is 0 Å². The van der Waals surface area contributed by atoms with E-state index in [4.69, 9.17) is 11.0 Å². The fraction of sp³-hybridized carbons (Fsp3) is 0.0833. The highest BCUT2D eigenvalue weighted by atomic mass is 16.2. The van der Waals surface area contributed by atoms with E-state index in [9.17, 15) is 4.79 Å². The van der Waals surface area contributed by atoms with Gasteiger partial charge in [0.1, 0.15) is 11.8 Å². The minimum absolute atomic E-state index is 0.181. The second-order valence-corrected chi connectivity index (χ2v) is 3.76. The molecule has 1 amide bonds. The third-order valence-corrected chi connectivity index (χ3v) is 2.53. The highest BCUT2D eigenvalue weighted by molar-refractivity contribution is 6.06. The van der Waals surface area contributed by atoms with Gasteiger partial charge in [-0.15, -0.1) is 0 Å². The zero-order chi connectivity index (χ0) is 13.1. The van der Waals surface area contributed by atoms with Crippen molar-refractivity contribution in [3.63, 3.8) is 0 Å². The average molecular weight is 241 g/mol. The van der Waals surface area contributed by atoms with Crippen LogP contribution in [-0.4, -0.2) is 16.1 Å². The summed E-state index contributed by atoms with van der Waals surface area (Å²) in [5.41, 5.74) is 7.71. The molecule has 0 aliphatic heterocycles. The molecule has 1 heterocycles. The van der Waals surface area contributed by atoms with Crippen LogP contribution in [0.2, 0.25) is 0 Å². The maximum atomic E-state index is 11.9. The van der Waals surface area contributed by atoms with Gasteiger partial charge in [-0.2, -0.15) is 10.4 Å². The number of hydrogen-bond acceptors (Lipinski definition) is 4. The van der Waals surface area contributed by atoms with E-state index in [1.807, 2.05) is 0 Å². The fourth-order valence-electron chi connectivity index (χ4n) is 1.58. The van der Waals surface area contributed by atoms with Crippen molar-refractivity contribution in [1.82, 2.24) is 10.2 Å². The molecular formula is C12H11N5O. The summed E-state index contributed by atoms with van der Waals surface area (Å²) in [5.74, 6) is -0.424. The first-order valence-electron chi connectivity index (χ1n) is 5.23. The van der Waals surface area contributed by atoms with E-state index < -0.39 is 5.91 Å². The highest BCUT2D eigenvalue weighted by Gasteiger charge is 2.14. The largest absolute Gasteiger partial charge is 0.396 e. The number of nitriles is 1. The fourth-order valence-corrected chi connectivity index (χ4v) is 1.58. The lowest BCUT2D eigenvalue weighted by Gasteiger charge is -2.07. The number of aryl methyl sites for hydroxylation is 1. The van der Waals surface area contributed by atoms with E-state index in [0.29, 0.717) is 11.3 Å². The monoisotopic (exact) mass is 241 g/mol. The average Bonchev–Trinajstić information content (AvgIpc) is 2.76. The van der Waals surface area contributed by atoms with Crippen LogP contribution in [0.1, 0.15) is 21.6 Å². The number of nitrogens with one attached hydrogen (secondary N) is 2. The van der Waals surface area contributed by atoms with Crippen LogP contribution in [0.5, 0.6) is 0 Å². The van der Waals surface area contributed by atoms with Crippen molar-refractivity contribution >= 4 is 17.3 Å². The molecule has 0 aliphatic carbocycles. The summed E-state index contributed by atoms with van der Waals surface area (Å²) < 4.78 is 0. The van der Waals surface area contributed by atoms with Crippen LogP contribution in [0.25, 0.3) is 0 Å². The van der Waals surface area contributed by atoms with Crippen molar-refractivity contribution in [2.45, 2.75) is 6.92 Å². The maximum Gasteiger partial charge on any atom is 0.275 e. The van der Waals surface area contributed by atoms with Crippen LogP contribution < -0.4 is 11.1 Å². The number of rotatable bonds is 2. The lowest BCUT2D eigenvalue weighted by atomic mass is 10.1. The number of nitrogens with zero attached hydrogens (tertiary/aromatic N) is 2. The Morgan fingerprint density at radius 3 is 2.94 bits per heavy atom. The second kappa shape index (κ2) is 4.59. The van der Waals surface area contributed by atoms with Gasteiger partial charge in [-0.3, -0.25) is 9.89 Å². The Hall–Kier alpha value is -2.81. The van der Waals surface area contributed by atoms with E-state index in [1.165, 1.54) is 6.20 Å². The Balaban J connectivity index is 2.31. The first-order chi connectivity index (χ1) is 8.63. The molecule has 4 N–H and O–H groups in total. The summed E-state index contributed by atoms with van der Waals surface area (Å²) >= 11 is 0. The molecule has 6 nitrogen and oxygen atoms in total. The number of aromatic nitrogens is 2. The number of nitrogens with two attached hydrogens (primary N) is 1. The number of aromatic amines is 1. The molecule has 0 bridgehead atoms. The predicted molar refractivity (Wildman–Crippen MR) is 66.8 cm³/mol. The zero-order valence-electron chi connectivity index (χ0n) is 9.69. The van der Waals surface area contributed by atoms with Gasteiger partial charge in [0, 0.05) is 0 Å². The van der Waals surface area contributed by atoms with Gasteiger partial charge in [-0.05, 0) is 18.6 Å². The molecule has 2 rings (SSSR count). The third kappa shape index (κ3) is 2.01. The zero-order valence-corrected chi connectivity index (χ0v) is 9.69. The van der Waals surface area contributed by atoms with Crippen molar-refractivity contribution in [3.05, 3.63) is 41.2 Å². The lowest BCUT2D eigenvalue weighted by molar-refractivity contribution is 0.102. The molecule has 0 fully saturated rings. The molecule has 0 unspecified atom stereocenters. The predicted octanol–water partition coefficient (Wildman–Crippen LogP) is 1.42. The van der Waals surface area contributed by atoms with Crippen LogP contribution in [0.4, 0.5) is 11.4 Å². The minimum Gasteiger partial charge on any atom is -0.396 e. The van der Waals surface area contributed by atoms with Gasteiger partial charge in [-0.1, -0.05) is 12.1 Å². The second-order valence-electron chi connectivity index (χ2n) is 3.76. The van der Waals surface area contributed by atoms with Crippen molar-refractivity contribution in [2.24, 2.45) is 0 Å². The van der Waals surface area contributed by atoms with Crippen LogP contribution in [0.3, 0.4) is 0 Å². The summed E-state index contributed by atoms with van der Waals surface area (Å²) in [6.45, 7) is 1.80. The molecule has 0 saturated heterocycles. The normalized spacial score (nSPS) is 9.78. The van der Waals surface area contributed by atoms with Crippen molar-refractivity contribution in [1.29, 1.82) is 5.26 Å². The molecule has 1 aromatic heterocycles. The van der Waals surface area contributed by atoms with Crippen molar-refractivity contribution < 1.29 is 4.79 Å². The number of amides is 1. The molecule has 6 heteroatoms. The maximum absolute atomic E-state index is 11.9. The molecule has 2 aromatic rings. The van der Waals surface area contributed by atoms with Gasteiger partial charge in [0.05, 0.1) is 23.1 Å². The third-order valence-electron chi connectivity index (χ3n) is 2.53. The van der Waals surface area contributed by atoms with Crippen LogP contribution >= 0.6 is 0 Å². The van der Waals surface area contributed by atoms with E-state index >= 15 is 0 Å². The number of H-pyrrole nitrogens is 1. The smallest absolute Gasteiger partial charge is 0.275 e. The van der Waals surface area contributed by atoms with Gasteiger partial charge >= 0.3 is 0 Å². The molecule has 0 atom stereocenters. The highest BCUT2D eigenvalue weighted by Crippen LogP contribution is 2.19. The van der Waals surface area contributed by atoms with Gasteiger partial charge < -0.3 is 11.1 Å². The van der Waals surface area contributed by atoms with Gasteiger partial charge in [0.15, 0.2) is 0 Å². The Morgan fingerprint density at radius 1 is 1.56 bits per heavy atom. The summed E-state index contributed by atoms with van der Waals surface area (Å²) in [6, 6.07) is 7.29. The van der Waals surface area contributed by atoms with Crippen LogP contribution in [-0.2, 0) is 0 Å². The van der Waals surface area contributed by atoms with E-state index in [2.05, 4.69) is 21.6 Å². The Labute approximate surface area is 103 Å². The Morgan fingerprint density at radius 2 is 2.33 bits per heavy atom. The Kier molecular flexibility index (Phi) is 2.98. The molecule has 0 saturated carbocycles. The van der Waals surface area contributed by atoms with E-state index in [0.717, 1.165) is 5.56 Å². The minimum atomic E-state index is -0.424. The number of carbonyl (C=O) groups is 1. The number of nitrogen functional groups attached to an aromatic ring is 1. The van der Waals surface area contributed by atoms with Crippen LogP contribution in [0.15, 0.2) is 24.4 Å². The molecular weight excluding hydrogens is 230 g/mol. The molecule has 0 aliphatic rings. The number of hydrogen-bond donors (Lipinski definition) is 3. The number of carbonyl (C=O) groups excluding carboxylic acids is 1. The summed E-state index contributed by atoms with van der Waals surface area (Å²) in [5, 5.41) is 17.9.